The second-order valence-corrected chi connectivity index (χ2v) is 5.57. The number of carboxylic acids is 1. The molecule has 0 bridgehead atoms. The number of carbonyl (C=O) groups is 1. The fraction of sp³-hybridized carbons (Fsp3) is 0.400. The average Bonchev–Trinajstić information content (AvgIpc) is 2.36. The van der Waals surface area contributed by atoms with Crippen LogP contribution in [0.1, 0.15) is 19.4 Å². The second kappa shape index (κ2) is 8.07. The Balaban J connectivity index is 2.68. The van der Waals surface area contributed by atoms with Gasteiger partial charge >= 0.3 is 5.97 Å². The first-order valence-electron chi connectivity index (χ1n) is 6.43. The predicted octanol–water partition coefficient (Wildman–Crippen LogP) is 3.41. The van der Waals surface area contributed by atoms with E-state index >= 15 is 0 Å². The van der Waals surface area contributed by atoms with Crippen molar-refractivity contribution in [2.24, 2.45) is 0 Å². The molecular weight excluding hydrogens is 322 g/mol. The Kier molecular flexibility index (Phi) is 6.75. The predicted molar refractivity (Wildman–Crippen MR) is 85.2 cm³/mol. The Labute approximate surface area is 128 Å². The van der Waals surface area contributed by atoms with E-state index in [0.717, 1.165) is 28.3 Å². The topological polar surface area (TPSA) is 49.8 Å². The summed E-state index contributed by atoms with van der Waals surface area (Å²) in [5.74, 6) is -0.955. The molecule has 0 spiro atoms. The lowest BCUT2D eigenvalue weighted by Gasteiger charge is -2.20. The Hall–Kier alpha value is -1.33. The zero-order valence-corrected chi connectivity index (χ0v) is 13.6. The lowest BCUT2D eigenvalue weighted by atomic mass is 10.2. The van der Waals surface area contributed by atoms with E-state index in [1.807, 2.05) is 39.1 Å². The fourth-order valence-corrected chi connectivity index (χ4v) is 2.10. The molecule has 0 saturated carbocycles. The summed E-state index contributed by atoms with van der Waals surface area (Å²) in [4.78, 5) is 12.6. The molecule has 4 nitrogen and oxygen atoms in total. The van der Waals surface area contributed by atoms with E-state index in [2.05, 4.69) is 20.8 Å². The molecule has 0 heterocycles. The summed E-state index contributed by atoms with van der Waals surface area (Å²) < 4.78 is 6.39. The van der Waals surface area contributed by atoms with Crippen molar-refractivity contribution in [3.8, 4) is 0 Å². The normalized spacial score (nSPS) is 11.2. The van der Waals surface area contributed by atoms with Crippen molar-refractivity contribution in [2.75, 3.05) is 25.1 Å². The van der Waals surface area contributed by atoms with Crippen molar-refractivity contribution < 1.29 is 14.6 Å². The number of halogens is 1. The highest BCUT2D eigenvalue weighted by Crippen LogP contribution is 2.24. The first kappa shape index (κ1) is 16.7. The van der Waals surface area contributed by atoms with Gasteiger partial charge in [0.15, 0.2) is 0 Å². The van der Waals surface area contributed by atoms with Crippen molar-refractivity contribution in [3.63, 3.8) is 0 Å². The van der Waals surface area contributed by atoms with E-state index in [1.165, 1.54) is 0 Å². The van der Waals surface area contributed by atoms with Gasteiger partial charge in [-0.2, -0.15) is 0 Å². The summed E-state index contributed by atoms with van der Waals surface area (Å²) in [5.41, 5.74) is 1.89. The zero-order valence-electron chi connectivity index (χ0n) is 12.0. The van der Waals surface area contributed by atoms with Crippen LogP contribution in [-0.2, 0) is 9.53 Å². The van der Waals surface area contributed by atoms with Gasteiger partial charge in [-0.15, -0.1) is 0 Å². The number of aliphatic carboxylic acids is 1. The summed E-state index contributed by atoms with van der Waals surface area (Å²) in [6, 6.07) is 5.82. The highest BCUT2D eigenvalue weighted by atomic mass is 79.9. The van der Waals surface area contributed by atoms with Crippen LogP contribution in [0.5, 0.6) is 0 Å². The smallest absolute Gasteiger partial charge is 0.328 e. The van der Waals surface area contributed by atoms with Gasteiger partial charge in [-0.05, 0) is 37.6 Å². The van der Waals surface area contributed by atoms with E-state index < -0.39 is 5.97 Å². The third-order valence-electron chi connectivity index (χ3n) is 2.71. The van der Waals surface area contributed by atoms with Crippen LogP contribution in [0.3, 0.4) is 0 Å². The van der Waals surface area contributed by atoms with Crippen LogP contribution in [0.4, 0.5) is 5.69 Å². The molecular formula is C15H20BrNO3. The van der Waals surface area contributed by atoms with Gasteiger partial charge < -0.3 is 14.7 Å². The molecule has 0 amide bonds. The molecule has 0 aliphatic rings. The molecule has 0 aliphatic carbocycles. The Morgan fingerprint density at radius 3 is 2.75 bits per heavy atom. The van der Waals surface area contributed by atoms with Gasteiger partial charge in [-0.25, -0.2) is 4.79 Å². The van der Waals surface area contributed by atoms with Gasteiger partial charge in [-0.3, -0.25) is 0 Å². The number of hydrogen-bond acceptors (Lipinski definition) is 3. The molecule has 0 atom stereocenters. The van der Waals surface area contributed by atoms with Crippen LogP contribution in [0.2, 0.25) is 0 Å². The van der Waals surface area contributed by atoms with Gasteiger partial charge in [0.25, 0.3) is 0 Å². The number of ether oxygens (including phenoxy) is 1. The van der Waals surface area contributed by atoms with Gasteiger partial charge in [0, 0.05) is 29.8 Å². The van der Waals surface area contributed by atoms with Crippen molar-refractivity contribution in [3.05, 3.63) is 34.3 Å². The molecule has 0 radical (unpaired) electrons. The largest absolute Gasteiger partial charge is 0.478 e. The molecule has 5 heteroatoms. The zero-order chi connectivity index (χ0) is 15.1. The van der Waals surface area contributed by atoms with Gasteiger partial charge in [0.05, 0.1) is 12.7 Å². The van der Waals surface area contributed by atoms with Crippen molar-refractivity contribution in [2.45, 2.75) is 20.0 Å². The molecule has 1 aromatic rings. The number of hydrogen-bond donors (Lipinski definition) is 1. The summed E-state index contributed by atoms with van der Waals surface area (Å²) in [7, 11) is 2.00. The van der Waals surface area contributed by atoms with Crippen LogP contribution in [0, 0.1) is 0 Å². The Morgan fingerprint density at radius 1 is 1.50 bits per heavy atom. The number of benzene rings is 1. The lowest BCUT2D eigenvalue weighted by Crippen LogP contribution is -2.23. The number of likely N-dealkylation sites (N-methyl/N-ethyl adjacent to an activating group) is 1. The molecule has 1 aromatic carbocycles. The van der Waals surface area contributed by atoms with Crippen molar-refractivity contribution >= 4 is 33.7 Å². The molecule has 0 saturated heterocycles. The SMILES string of the molecule is CC(C)OCCN(C)c1ccc(/C=C/C(=O)O)c(Br)c1. The Morgan fingerprint density at radius 2 is 2.20 bits per heavy atom. The molecule has 110 valence electrons. The van der Waals surface area contributed by atoms with E-state index in [9.17, 15) is 4.79 Å². The van der Waals surface area contributed by atoms with E-state index in [1.54, 1.807) is 6.08 Å². The number of carboxylic acid groups (broad SMARTS) is 1. The summed E-state index contributed by atoms with van der Waals surface area (Å²) in [6.45, 7) is 5.50. The maximum absolute atomic E-state index is 10.5. The van der Waals surface area contributed by atoms with Gasteiger partial charge in [0.2, 0.25) is 0 Å². The lowest BCUT2D eigenvalue weighted by molar-refractivity contribution is -0.131. The van der Waals surface area contributed by atoms with Gasteiger partial charge in [0.1, 0.15) is 0 Å². The number of nitrogens with zero attached hydrogens (tertiary/aromatic N) is 1. The number of anilines is 1. The molecule has 0 aromatic heterocycles. The van der Waals surface area contributed by atoms with Crippen LogP contribution in [0.25, 0.3) is 6.08 Å². The van der Waals surface area contributed by atoms with E-state index in [4.69, 9.17) is 9.84 Å². The van der Waals surface area contributed by atoms with Crippen molar-refractivity contribution in [1.82, 2.24) is 0 Å². The quantitative estimate of drug-likeness (QED) is 0.772. The molecule has 1 N–H and O–H groups in total. The maximum Gasteiger partial charge on any atom is 0.328 e. The van der Waals surface area contributed by atoms with Crippen LogP contribution in [-0.4, -0.2) is 37.4 Å². The van der Waals surface area contributed by atoms with Crippen molar-refractivity contribution in [1.29, 1.82) is 0 Å². The Bertz CT molecular complexity index is 486. The molecule has 1 rings (SSSR count). The summed E-state index contributed by atoms with van der Waals surface area (Å²) >= 11 is 3.45. The minimum absolute atomic E-state index is 0.235. The molecule has 0 fully saturated rings. The molecule has 0 unspecified atom stereocenters. The molecule has 20 heavy (non-hydrogen) atoms. The van der Waals surface area contributed by atoms with E-state index in [-0.39, 0.29) is 6.10 Å². The third-order valence-corrected chi connectivity index (χ3v) is 3.39. The minimum Gasteiger partial charge on any atom is -0.478 e. The highest BCUT2D eigenvalue weighted by molar-refractivity contribution is 9.10. The van der Waals surface area contributed by atoms with Crippen LogP contribution >= 0.6 is 15.9 Å². The second-order valence-electron chi connectivity index (χ2n) is 4.72. The van der Waals surface area contributed by atoms with Gasteiger partial charge in [-0.1, -0.05) is 22.0 Å². The average molecular weight is 342 g/mol. The first-order valence-corrected chi connectivity index (χ1v) is 7.22. The minimum atomic E-state index is -0.955. The summed E-state index contributed by atoms with van der Waals surface area (Å²) in [6.07, 6.45) is 2.93. The third kappa shape index (κ3) is 5.75. The van der Waals surface area contributed by atoms with Crippen LogP contribution in [0.15, 0.2) is 28.7 Å². The number of rotatable bonds is 7. The summed E-state index contributed by atoms with van der Waals surface area (Å²) in [5, 5.41) is 8.63. The fourth-order valence-electron chi connectivity index (χ4n) is 1.60. The highest BCUT2D eigenvalue weighted by Gasteiger charge is 2.05. The first-order chi connectivity index (χ1) is 9.40. The molecule has 0 aliphatic heterocycles. The monoisotopic (exact) mass is 341 g/mol. The van der Waals surface area contributed by atoms with E-state index in [0.29, 0.717) is 6.61 Å². The maximum atomic E-state index is 10.5. The van der Waals surface area contributed by atoms with Crippen LogP contribution < -0.4 is 4.90 Å². The standard InChI is InChI=1S/C15H20BrNO3/c1-11(2)20-9-8-17(3)13-6-4-12(14(16)10-13)5-7-15(18)19/h4-7,10-11H,8-9H2,1-3H3,(H,18,19)/b7-5+.